The Kier molecular flexibility index (Phi) is 3.72. The number of hydrogen-bond acceptors (Lipinski definition) is 2. The van der Waals surface area contributed by atoms with Crippen LogP contribution in [0.5, 0.6) is 0 Å². The van der Waals surface area contributed by atoms with E-state index in [4.69, 9.17) is 5.84 Å². The quantitative estimate of drug-likeness (QED) is 0.408. The lowest BCUT2D eigenvalue weighted by Crippen LogP contribution is -2.21. The Labute approximate surface area is 85.8 Å². The molecule has 2 nitrogen and oxygen atoms in total. The van der Waals surface area contributed by atoms with Gasteiger partial charge in [-0.05, 0) is 49.5 Å². The molecule has 2 heteroatoms. The van der Waals surface area contributed by atoms with Crippen LogP contribution in [0.1, 0.15) is 26.7 Å². The van der Waals surface area contributed by atoms with Gasteiger partial charge in [0.1, 0.15) is 0 Å². The fourth-order valence-corrected chi connectivity index (χ4v) is 1.43. The molecule has 1 rings (SSSR count). The molecule has 0 saturated heterocycles. The zero-order valence-electron chi connectivity index (χ0n) is 8.93. The maximum atomic E-state index is 5.41. The average Bonchev–Trinajstić information content (AvgIpc) is 2.16. The van der Waals surface area contributed by atoms with Crippen LogP contribution in [-0.4, -0.2) is 0 Å². The van der Waals surface area contributed by atoms with E-state index in [0.717, 1.165) is 24.1 Å². The third-order valence-electron chi connectivity index (χ3n) is 2.35. The Morgan fingerprint density at radius 2 is 2.14 bits per heavy atom. The molecule has 76 valence electrons. The van der Waals surface area contributed by atoms with E-state index in [-0.39, 0.29) is 0 Å². The summed E-state index contributed by atoms with van der Waals surface area (Å²) in [5, 5.41) is 0. The summed E-state index contributed by atoms with van der Waals surface area (Å²) in [5.74, 6) is 5.41. The molecule has 0 aromatic carbocycles. The summed E-state index contributed by atoms with van der Waals surface area (Å²) in [6.07, 6.45) is 8.78. The van der Waals surface area contributed by atoms with E-state index < -0.39 is 0 Å². The summed E-state index contributed by atoms with van der Waals surface area (Å²) in [5.41, 5.74) is 7.06. The van der Waals surface area contributed by atoms with Crippen molar-refractivity contribution >= 4 is 0 Å². The minimum Gasteiger partial charge on any atom is -0.324 e. The first-order chi connectivity index (χ1) is 6.65. The fourth-order valence-electron chi connectivity index (χ4n) is 1.43. The van der Waals surface area contributed by atoms with Gasteiger partial charge >= 0.3 is 0 Å². The molecule has 1 aliphatic carbocycles. The van der Waals surface area contributed by atoms with Crippen LogP contribution in [0.25, 0.3) is 0 Å². The lowest BCUT2D eigenvalue weighted by atomic mass is 9.97. The topological polar surface area (TPSA) is 38.0 Å². The highest BCUT2D eigenvalue weighted by atomic mass is 15.2. The molecule has 0 aliphatic heterocycles. The van der Waals surface area contributed by atoms with Crippen LogP contribution in [0.3, 0.4) is 0 Å². The van der Waals surface area contributed by atoms with Crippen molar-refractivity contribution in [2.75, 3.05) is 0 Å². The predicted molar refractivity (Wildman–Crippen MR) is 61.3 cm³/mol. The van der Waals surface area contributed by atoms with E-state index in [9.17, 15) is 0 Å². The highest BCUT2D eigenvalue weighted by Crippen LogP contribution is 2.21. The fraction of sp³-hybridized carbons (Fsp3) is 0.333. The summed E-state index contributed by atoms with van der Waals surface area (Å²) in [4.78, 5) is 0. The van der Waals surface area contributed by atoms with Gasteiger partial charge < -0.3 is 5.43 Å². The monoisotopic (exact) mass is 190 g/mol. The van der Waals surface area contributed by atoms with Gasteiger partial charge in [0.25, 0.3) is 0 Å². The Bertz CT molecular complexity index is 319. The maximum Gasteiger partial charge on any atom is 0.0514 e. The molecule has 0 radical (unpaired) electrons. The van der Waals surface area contributed by atoms with E-state index in [1.807, 2.05) is 13.0 Å². The Balaban J connectivity index is 2.89. The highest BCUT2D eigenvalue weighted by Gasteiger charge is 2.03. The third-order valence-corrected chi connectivity index (χ3v) is 2.35. The molecular formula is C12H18N2. The van der Waals surface area contributed by atoms with Gasteiger partial charge in [-0.3, -0.25) is 5.84 Å². The van der Waals surface area contributed by atoms with Crippen molar-refractivity contribution in [3.63, 3.8) is 0 Å². The second-order valence-electron chi connectivity index (χ2n) is 3.61. The largest absolute Gasteiger partial charge is 0.324 e. The second kappa shape index (κ2) is 4.82. The first-order valence-corrected chi connectivity index (χ1v) is 4.86. The minimum absolute atomic E-state index is 0.894. The number of allylic oxidation sites excluding steroid dienone is 6. The van der Waals surface area contributed by atoms with Crippen LogP contribution >= 0.6 is 0 Å². The Hall–Kier alpha value is -1.28. The molecule has 0 aromatic heterocycles. The zero-order valence-corrected chi connectivity index (χ0v) is 8.93. The average molecular weight is 190 g/mol. The van der Waals surface area contributed by atoms with Crippen molar-refractivity contribution in [3.05, 3.63) is 47.2 Å². The third kappa shape index (κ3) is 2.60. The van der Waals surface area contributed by atoms with E-state index in [1.54, 1.807) is 0 Å². The van der Waals surface area contributed by atoms with Gasteiger partial charge in [-0.25, -0.2) is 0 Å². The smallest absolute Gasteiger partial charge is 0.0514 e. The van der Waals surface area contributed by atoms with Crippen molar-refractivity contribution in [2.45, 2.75) is 26.7 Å². The molecule has 0 atom stereocenters. The van der Waals surface area contributed by atoms with Crippen LogP contribution in [0.4, 0.5) is 0 Å². The summed E-state index contributed by atoms with van der Waals surface area (Å²) >= 11 is 0. The van der Waals surface area contributed by atoms with Gasteiger partial charge in [-0.2, -0.15) is 0 Å². The van der Waals surface area contributed by atoms with Crippen molar-refractivity contribution in [3.8, 4) is 0 Å². The molecular weight excluding hydrogens is 172 g/mol. The lowest BCUT2D eigenvalue weighted by molar-refractivity contribution is 0.892. The van der Waals surface area contributed by atoms with Crippen LogP contribution in [0, 0.1) is 0 Å². The number of hydrogen-bond donors (Lipinski definition) is 2. The summed E-state index contributed by atoms with van der Waals surface area (Å²) in [7, 11) is 0. The molecule has 0 fully saturated rings. The van der Waals surface area contributed by atoms with E-state index in [0.29, 0.717) is 0 Å². The molecule has 1 aliphatic rings. The van der Waals surface area contributed by atoms with Crippen LogP contribution in [0.15, 0.2) is 47.2 Å². The van der Waals surface area contributed by atoms with E-state index in [1.165, 1.54) is 11.1 Å². The summed E-state index contributed by atoms with van der Waals surface area (Å²) in [6.45, 7) is 7.92. The van der Waals surface area contributed by atoms with Gasteiger partial charge in [0.15, 0.2) is 0 Å². The Morgan fingerprint density at radius 1 is 1.50 bits per heavy atom. The Morgan fingerprint density at radius 3 is 2.64 bits per heavy atom. The number of nitrogens with two attached hydrogens (primary N) is 1. The SMILES string of the molecule is C=C(C)/C(=C\C1=CCCC=C1C)NN. The molecule has 0 heterocycles. The first-order valence-electron chi connectivity index (χ1n) is 4.86. The number of nitrogens with one attached hydrogen (secondary N) is 1. The number of rotatable bonds is 3. The van der Waals surface area contributed by atoms with E-state index in [2.05, 4.69) is 31.1 Å². The van der Waals surface area contributed by atoms with Gasteiger partial charge in [-0.1, -0.05) is 18.7 Å². The van der Waals surface area contributed by atoms with E-state index >= 15 is 0 Å². The highest BCUT2D eigenvalue weighted by molar-refractivity contribution is 5.44. The maximum absolute atomic E-state index is 5.41. The standard InChI is InChI=1S/C12H18N2/c1-9(2)12(14-13)8-11-7-5-4-6-10(11)3/h6-8,14H,1,4-5,13H2,2-3H3/b12-8+. The molecule has 3 N–H and O–H groups in total. The van der Waals surface area contributed by atoms with Crippen LogP contribution in [0.2, 0.25) is 0 Å². The van der Waals surface area contributed by atoms with Gasteiger partial charge in [-0.15, -0.1) is 0 Å². The van der Waals surface area contributed by atoms with Crippen molar-refractivity contribution in [1.29, 1.82) is 0 Å². The first kappa shape index (κ1) is 10.8. The molecule has 0 spiro atoms. The lowest BCUT2D eigenvalue weighted by Gasteiger charge is -2.12. The van der Waals surface area contributed by atoms with Crippen molar-refractivity contribution in [2.24, 2.45) is 5.84 Å². The van der Waals surface area contributed by atoms with Crippen molar-refractivity contribution in [1.82, 2.24) is 5.43 Å². The molecule has 0 aromatic rings. The number of hydrazine groups is 1. The molecule has 0 bridgehead atoms. The summed E-state index contributed by atoms with van der Waals surface area (Å²) in [6, 6.07) is 0. The molecule has 0 saturated carbocycles. The van der Waals surface area contributed by atoms with Gasteiger partial charge in [0.2, 0.25) is 0 Å². The molecule has 14 heavy (non-hydrogen) atoms. The van der Waals surface area contributed by atoms with Crippen molar-refractivity contribution < 1.29 is 0 Å². The van der Waals surface area contributed by atoms with Crippen LogP contribution < -0.4 is 11.3 Å². The zero-order chi connectivity index (χ0) is 10.6. The van der Waals surface area contributed by atoms with Crippen LogP contribution in [-0.2, 0) is 0 Å². The van der Waals surface area contributed by atoms with Gasteiger partial charge in [0.05, 0.1) is 5.70 Å². The van der Waals surface area contributed by atoms with Gasteiger partial charge in [0, 0.05) is 0 Å². The minimum atomic E-state index is 0.894. The predicted octanol–water partition coefficient (Wildman–Crippen LogP) is 2.58. The molecule has 0 amide bonds. The normalized spacial score (nSPS) is 17.2. The summed E-state index contributed by atoms with van der Waals surface area (Å²) < 4.78 is 0. The molecule has 0 unspecified atom stereocenters. The second-order valence-corrected chi connectivity index (χ2v) is 3.61.